The summed E-state index contributed by atoms with van der Waals surface area (Å²) < 4.78 is 0. The van der Waals surface area contributed by atoms with Gasteiger partial charge in [0.25, 0.3) is 5.91 Å². The number of pyridine rings is 1. The number of carboxylic acids is 1. The highest BCUT2D eigenvalue weighted by Crippen LogP contribution is 2.15. The van der Waals surface area contributed by atoms with Crippen molar-refractivity contribution < 1.29 is 14.7 Å². The van der Waals surface area contributed by atoms with Crippen molar-refractivity contribution >= 4 is 22.8 Å². The number of rotatable bonds is 7. The molecule has 0 radical (unpaired) electrons. The molecule has 1 aromatic heterocycles. The highest BCUT2D eigenvalue weighted by molar-refractivity contribution is 5.99. The smallest absolute Gasteiger partial charge is 0.326 e. The number of benzene rings is 3. The van der Waals surface area contributed by atoms with Crippen LogP contribution in [-0.2, 0) is 17.6 Å². The summed E-state index contributed by atoms with van der Waals surface area (Å²) in [6.07, 6.45) is 2.11. The molecule has 0 saturated heterocycles. The lowest BCUT2D eigenvalue weighted by Crippen LogP contribution is -2.43. The van der Waals surface area contributed by atoms with E-state index in [0.717, 1.165) is 16.7 Å². The number of carbonyl (C=O) groups is 2. The molecule has 1 heterocycles. The van der Waals surface area contributed by atoms with Gasteiger partial charge >= 0.3 is 5.97 Å². The van der Waals surface area contributed by atoms with Crippen molar-refractivity contribution in [2.24, 2.45) is 0 Å². The van der Waals surface area contributed by atoms with Crippen LogP contribution in [0.25, 0.3) is 10.9 Å². The lowest BCUT2D eigenvalue weighted by Gasteiger charge is -2.15. The summed E-state index contributed by atoms with van der Waals surface area (Å²) in [4.78, 5) is 40.5. The zero-order valence-electron chi connectivity index (χ0n) is 17.2. The molecule has 4 rings (SSSR count). The largest absolute Gasteiger partial charge is 0.480 e. The van der Waals surface area contributed by atoms with Crippen LogP contribution in [0, 0.1) is 0 Å². The number of hydrogen-bond acceptors (Lipinski definition) is 3. The van der Waals surface area contributed by atoms with E-state index in [2.05, 4.69) is 10.3 Å². The predicted molar refractivity (Wildman–Crippen MR) is 123 cm³/mol. The van der Waals surface area contributed by atoms with Crippen molar-refractivity contribution in [3.8, 4) is 0 Å². The van der Waals surface area contributed by atoms with Gasteiger partial charge in [-0.25, -0.2) is 4.79 Å². The Bertz CT molecular complexity index is 1310. The summed E-state index contributed by atoms with van der Waals surface area (Å²) >= 11 is 0. The van der Waals surface area contributed by atoms with E-state index in [-0.39, 0.29) is 12.0 Å². The van der Waals surface area contributed by atoms with Crippen molar-refractivity contribution in [2.45, 2.75) is 18.9 Å². The predicted octanol–water partition coefficient (Wildman–Crippen LogP) is 3.54. The van der Waals surface area contributed by atoms with Crippen LogP contribution in [0.15, 0.2) is 89.9 Å². The van der Waals surface area contributed by atoms with Gasteiger partial charge in [-0.15, -0.1) is 0 Å². The number of aromatic nitrogens is 1. The number of amides is 1. The van der Waals surface area contributed by atoms with Crippen LogP contribution in [0.4, 0.5) is 0 Å². The van der Waals surface area contributed by atoms with Crippen LogP contribution >= 0.6 is 0 Å². The summed E-state index contributed by atoms with van der Waals surface area (Å²) in [5.74, 6) is -1.88. The number of aromatic amines is 1. The molecular formula is C26H22N2O4. The van der Waals surface area contributed by atoms with Crippen LogP contribution in [-0.4, -0.2) is 28.0 Å². The Balaban J connectivity index is 1.60. The fourth-order valence-electron chi connectivity index (χ4n) is 3.66. The van der Waals surface area contributed by atoms with Crippen molar-refractivity contribution in [1.82, 2.24) is 10.3 Å². The molecule has 4 aromatic rings. The topological polar surface area (TPSA) is 99.3 Å². The molecule has 0 aliphatic carbocycles. The highest BCUT2D eigenvalue weighted by Gasteiger charge is 2.23. The van der Waals surface area contributed by atoms with Crippen molar-refractivity contribution in [3.05, 3.63) is 118 Å². The van der Waals surface area contributed by atoms with Gasteiger partial charge in [0.05, 0.1) is 0 Å². The van der Waals surface area contributed by atoms with E-state index in [9.17, 15) is 19.5 Å². The second kappa shape index (κ2) is 9.31. The molecule has 1 atom stereocenters. The number of fused-ring (bicyclic) bond motifs is 1. The molecule has 0 aliphatic heterocycles. The van der Waals surface area contributed by atoms with E-state index >= 15 is 0 Å². The number of carbonyl (C=O) groups excluding carboxylic acids is 1. The summed E-state index contributed by atoms with van der Waals surface area (Å²) in [5, 5.41) is 12.4. The van der Waals surface area contributed by atoms with E-state index in [1.807, 2.05) is 48.5 Å². The van der Waals surface area contributed by atoms with Crippen molar-refractivity contribution in [1.29, 1.82) is 0 Å². The monoisotopic (exact) mass is 426 g/mol. The number of carboxylic acid groups (broad SMARTS) is 1. The minimum Gasteiger partial charge on any atom is -0.480 e. The first kappa shape index (κ1) is 21.1. The summed E-state index contributed by atoms with van der Waals surface area (Å²) in [6.45, 7) is 0. The molecule has 160 valence electrons. The van der Waals surface area contributed by atoms with Gasteiger partial charge in [0.2, 0.25) is 5.43 Å². The molecule has 6 heteroatoms. The van der Waals surface area contributed by atoms with Gasteiger partial charge in [0.15, 0.2) is 0 Å². The molecule has 0 fully saturated rings. The van der Waals surface area contributed by atoms with Gasteiger partial charge in [-0.2, -0.15) is 0 Å². The molecule has 3 N–H and O–H groups in total. The molecule has 3 aromatic carbocycles. The van der Waals surface area contributed by atoms with Crippen LogP contribution in [0.1, 0.15) is 27.0 Å². The Labute approximate surface area is 184 Å². The number of aliphatic carboxylic acids is 1. The maximum Gasteiger partial charge on any atom is 0.326 e. The van der Waals surface area contributed by atoms with Gasteiger partial charge in [-0.05, 0) is 35.2 Å². The number of H-pyrrole nitrogens is 1. The molecule has 0 saturated carbocycles. The summed E-state index contributed by atoms with van der Waals surface area (Å²) in [6, 6.07) is 23.3. The highest BCUT2D eigenvalue weighted by atomic mass is 16.4. The summed E-state index contributed by atoms with van der Waals surface area (Å²) in [7, 11) is 0. The van der Waals surface area contributed by atoms with Crippen molar-refractivity contribution in [3.63, 3.8) is 0 Å². The Morgan fingerprint density at radius 3 is 2.19 bits per heavy atom. The van der Waals surface area contributed by atoms with E-state index in [0.29, 0.717) is 17.3 Å². The zero-order valence-corrected chi connectivity index (χ0v) is 17.2. The summed E-state index contributed by atoms with van der Waals surface area (Å²) in [5.41, 5.74) is 2.89. The van der Waals surface area contributed by atoms with E-state index < -0.39 is 23.3 Å². The maximum absolute atomic E-state index is 13.1. The van der Waals surface area contributed by atoms with Gasteiger partial charge in [0, 0.05) is 23.5 Å². The third kappa shape index (κ3) is 4.75. The first-order chi connectivity index (χ1) is 15.5. The fourth-order valence-corrected chi connectivity index (χ4v) is 3.66. The molecule has 0 aliphatic rings. The number of nitrogens with one attached hydrogen (secondary N) is 2. The minimum atomic E-state index is -1.16. The van der Waals surface area contributed by atoms with Crippen LogP contribution in [0.2, 0.25) is 0 Å². The van der Waals surface area contributed by atoms with Gasteiger partial charge in [-0.1, -0.05) is 66.7 Å². The average Bonchev–Trinajstić information content (AvgIpc) is 2.80. The van der Waals surface area contributed by atoms with Gasteiger partial charge in [0.1, 0.15) is 11.6 Å². The van der Waals surface area contributed by atoms with E-state index in [4.69, 9.17) is 0 Å². The van der Waals surface area contributed by atoms with Gasteiger partial charge < -0.3 is 15.4 Å². The second-order valence-electron chi connectivity index (χ2n) is 7.63. The lowest BCUT2D eigenvalue weighted by atomic mass is 10.0. The Hall–Kier alpha value is -4.19. The fraction of sp³-hybridized carbons (Fsp3) is 0.115. The van der Waals surface area contributed by atoms with Crippen LogP contribution in [0.3, 0.4) is 0 Å². The number of hydrogen-bond donors (Lipinski definition) is 3. The first-order valence-electron chi connectivity index (χ1n) is 10.3. The van der Waals surface area contributed by atoms with Crippen LogP contribution in [0.5, 0.6) is 0 Å². The molecular weight excluding hydrogens is 404 g/mol. The average molecular weight is 426 g/mol. The van der Waals surface area contributed by atoms with Crippen LogP contribution < -0.4 is 10.7 Å². The van der Waals surface area contributed by atoms with Gasteiger partial charge in [-0.3, -0.25) is 9.59 Å². The second-order valence-corrected chi connectivity index (χ2v) is 7.63. The minimum absolute atomic E-state index is 0.117. The molecule has 1 unspecified atom stereocenters. The third-order valence-corrected chi connectivity index (χ3v) is 5.33. The Morgan fingerprint density at radius 2 is 1.53 bits per heavy atom. The SMILES string of the molecule is O=C(NC(Cc1ccccc1)C(=O)O)c1c[nH]c2ccc(Cc3ccccc3)cc2c1=O. The molecule has 1 amide bonds. The van der Waals surface area contributed by atoms with E-state index in [1.165, 1.54) is 6.20 Å². The lowest BCUT2D eigenvalue weighted by molar-refractivity contribution is -0.139. The molecule has 0 spiro atoms. The molecule has 32 heavy (non-hydrogen) atoms. The standard InChI is InChI=1S/C26H22N2O4/c29-24-20-14-19(13-17-7-3-1-4-8-17)11-12-22(20)27-16-21(24)25(30)28-23(26(31)32)15-18-9-5-2-6-10-18/h1-12,14,16,23H,13,15H2,(H,27,29)(H,28,30)(H,31,32). The Kier molecular flexibility index (Phi) is 6.12. The quantitative estimate of drug-likeness (QED) is 0.421. The zero-order chi connectivity index (χ0) is 22.5. The molecule has 6 nitrogen and oxygen atoms in total. The Morgan fingerprint density at radius 1 is 0.875 bits per heavy atom. The first-order valence-corrected chi connectivity index (χ1v) is 10.3. The molecule has 0 bridgehead atoms. The normalized spacial score (nSPS) is 11.8. The maximum atomic E-state index is 13.1. The van der Waals surface area contributed by atoms with Crippen molar-refractivity contribution in [2.75, 3.05) is 0 Å². The van der Waals surface area contributed by atoms with E-state index in [1.54, 1.807) is 30.3 Å². The third-order valence-electron chi connectivity index (χ3n) is 5.33.